The van der Waals surface area contributed by atoms with E-state index in [1.807, 2.05) is 18.3 Å². The van der Waals surface area contributed by atoms with Crippen molar-refractivity contribution >= 4 is 5.97 Å². The molecule has 0 aromatic carbocycles. The first-order chi connectivity index (χ1) is 8.25. The molecule has 1 aromatic heterocycles. The van der Waals surface area contributed by atoms with E-state index in [4.69, 9.17) is 5.11 Å². The fourth-order valence-corrected chi connectivity index (χ4v) is 2.36. The second-order valence-corrected chi connectivity index (χ2v) is 4.64. The van der Waals surface area contributed by atoms with E-state index in [9.17, 15) is 4.79 Å². The van der Waals surface area contributed by atoms with E-state index < -0.39 is 5.97 Å². The molecule has 0 saturated heterocycles. The number of hydrogen-bond acceptors (Lipinski definition) is 3. The van der Waals surface area contributed by atoms with Crippen molar-refractivity contribution in [3.8, 4) is 0 Å². The Morgan fingerprint density at radius 1 is 1.53 bits per heavy atom. The van der Waals surface area contributed by atoms with Crippen molar-refractivity contribution in [3.05, 3.63) is 30.1 Å². The molecule has 92 valence electrons. The van der Waals surface area contributed by atoms with Gasteiger partial charge < -0.3 is 10.4 Å². The Kier molecular flexibility index (Phi) is 4.09. The van der Waals surface area contributed by atoms with Crippen LogP contribution in [0, 0.1) is 5.92 Å². The number of carboxylic acids is 1. The van der Waals surface area contributed by atoms with Crippen LogP contribution in [0.15, 0.2) is 24.5 Å². The number of nitrogens with one attached hydrogen (secondary N) is 1. The topological polar surface area (TPSA) is 62.2 Å². The molecule has 1 aliphatic rings. The predicted molar refractivity (Wildman–Crippen MR) is 64.5 cm³/mol. The molecular weight excluding hydrogens is 216 g/mol. The quantitative estimate of drug-likeness (QED) is 0.834. The molecule has 0 amide bonds. The summed E-state index contributed by atoms with van der Waals surface area (Å²) in [5.41, 5.74) is 1.14. The van der Waals surface area contributed by atoms with Crippen molar-refractivity contribution in [2.75, 3.05) is 0 Å². The van der Waals surface area contributed by atoms with Crippen LogP contribution < -0.4 is 5.32 Å². The maximum atomic E-state index is 10.9. The van der Waals surface area contributed by atoms with Crippen LogP contribution in [-0.2, 0) is 11.3 Å². The zero-order valence-electron chi connectivity index (χ0n) is 9.80. The van der Waals surface area contributed by atoms with Gasteiger partial charge in [-0.3, -0.25) is 9.78 Å². The Balaban J connectivity index is 1.81. The SMILES string of the molecule is O=C(O)C1CCCC(NCc2cccnc2)C1. The Hall–Kier alpha value is -1.42. The monoisotopic (exact) mass is 234 g/mol. The van der Waals surface area contributed by atoms with Gasteiger partial charge in [0.15, 0.2) is 0 Å². The molecule has 1 saturated carbocycles. The number of nitrogens with zero attached hydrogens (tertiary/aromatic N) is 1. The minimum absolute atomic E-state index is 0.171. The zero-order chi connectivity index (χ0) is 12.1. The first kappa shape index (κ1) is 12.0. The van der Waals surface area contributed by atoms with E-state index in [1.165, 1.54) is 0 Å². The van der Waals surface area contributed by atoms with E-state index in [0.29, 0.717) is 6.04 Å². The van der Waals surface area contributed by atoms with Crippen LogP contribution >= 0.6 is 0 Å². The second-order valence-electron chi connectivity index (χ2n) is 4.64. The summed E-state index contributed by atoms with van der Waals surface area (Å²) in [5.74, 6) is -0.826. The Labute approximate surface area is 101 Å². The van der Waals surface area contributed by atoms with Gasteiger partial charge in [-0.1, -0.05) is 12.5 Å². The Morgan fingerprint density at radius 2 is 2.41 bits per heavy atom. The van der Waals surface area contributed by atoms with Crippen molar-refractivity contribution in [3.63, 3.8) is 0 Å². The third-order valence-electron chi connectivity index (χ3n) is 3.34. The molecule has 2 rings (SSSR count). The maximum Gasteiger partial charge on any atom is 0.306 e. The highest BCUT2D eigenvalue weighted by Crippen LogP contribution is 2.24. The molecule has 1 aliphatic carbocycles. The average Bonchev–Trinajstić information content (AvgIpc) is 2.38. The highest BCUT2D eigenvalue weighted by atomic mass is 16.4. The molecule has 4 nitrogen and oxygen atoms in total. The van der Waals surface area contributed by atoms with E-state index in [2.05, 4.69) is 10.3 Å². The number of aromatic nitrogens is 1. The standard InChI is InChI=1S/C13H18N2O2/c16-13(17)11-4-1-5-12(7-11)15-9-10-3-2-6-14-8-10/h2-3,6,8,11-12,15H,1,4-5,7,9H2,(H,16,17). The Morgan fingerprint density at radius 3 is 3.12 bits per heavy atom. The minimum Gasteiger partial charge on any atom is -0.481 e. The van der Waals surface area contributed by atoms with Gasteiger partial charge in [-0.05, 0) is 30.9 Å². The van der Waals surface area contributed by atoms with Gasteiger partial charge in [0.05, 0.1) is 5.92 Å². The van der Waals surface area contributed by atoms with Crippen LogP contribution in [0.4, 0.5) is 0 Å². The second kappa shape index (κ2) is 5.77. The number of pyridine rings is 1. The number of carboxylic acid groups (broad SMARTS) is 1. The molecule has 2 unspecified atom stereocenters. The van der Waals surface area contributed by atoms with Crippen molar-refractivity contribution in [2.45, 2.75) is 38.3 Å². The van der Waals surface area contributed by atoms with Gasteiger partial charge in [-0.15, -0.1) is 0 Å². The lowest BCUT2D eigenvalue weighted by molar-refractivity contribution is -0.143. The molecule has 0 spiro atoms. The predicted octanol–water partition coefficient (Wildman–Crippen LogP) is 1.81. The van der Waals surface area contributed by atoms with E-state index in [1.54, 1.807) is 6.20 Å². The summed E-state index contributed by atoms with van der Waals surface area (Å²) in [4.78, 5) is 15.0. The average molecular weight is 234 g/mol. The number of carbonyl (C=O) groups is 1. The lowest BCUT2D eigenvalue weighted by Gasteiger charge is -2.27. The van der Waals surface area contributed by atoms with Crippen molar-refractivity contribution in [1.29, 1.82) is 0 Å². The molecule has 0 aliphatic heterocycles. The summed E-state index contributed by atoms with van der Waals surface area (Å²) in [6.07, 6.45) is 7.23. The first-order valence-corrected chi connectivity index (χ1v) is 6.11. The van der Waals surface area contributed by atoms with Crippen molar-refractivity contribution in [1.82, 2.24) is 10.3 Å². The summed E-state index contributed by atoms with van der Waals surface area (Å²) in [6.45, 7) is 0.769. The van der Waals surface area contributed by atoms with Gasteiger partial charge in [0, 0.05) is 25.0 Å². The van der Waals surface area contributed by atoms with Gasteiger partial charge >= 0.3 is 5.97 Å². The molecule has 17 heavy (non-hydrogen) atoms. The fraction of sp³-hybridized carbons (Fsp3) is 0.538. The fourth-order valence-electron chi connectivity index (χ4n) is 2.36. The third kappa shape index (κ3) is 3.53. The van der Waals surface area contributed by atoms with Crippen LogP contribution in [0.1, 0.15) is 31.2 Å². The normalized spacial score (nSPS) is 24.5. The van der Waals surface area contributed by atoms with Crippen LogP contribution in [0.2, 0.25) is 0 Å². The minimum atomic E-state index is -0.655. The van der Waals surface area contributed by atoms with E-state index in [-0.39, 0.29) is 5.92 Å². The van der Waals surface area contributed by atoms with Gasteiger partial charge in [-0.2, -0.15) is 0 Å². The molecule has 1 heterocycles. The highest BCUT2D eigenvalue weighted by Gasteiger charge is 2.26. The van der Waals surface area contributed by atoms with Gasteiger partial charge in [-0.25, -0.2) is 0 Å². The molecule has 0 bridgehead atoms. The summed E-state index contributed by atoms with van der Waals surface area (Å²) < 4.78 is 0. The lowest BCUT2D eigenvalue weighted by atomic mass is 9.86. The zero-order valence-corrected chi connectivity index (χ0v) is 9.80. The molecule has 1 aromatic rings. The summed E-state index contributed by atoms with van der Waals surface area (Å²) >= 11 is 0. The van der Waals surface area contributed by atoms with E-state index in [0.717, 1.165) is 37.8 Å². The number of aliphatic carboxylic acids is 1. The van der Waals surface area contributed by atoms with Crippen LogP contribution in [0.3, 0.4) is 0 Å². The van der Waals surface area contributed by atoms with Crippen molar-refractivity contribution in [2.24, 2.45) is 5.92 Å². The van der Waals surface area contributed by atoms with Gasteiger partial charge in [0.1, 0.15) is 0 Å². The number of hydrogen-bond donors (Lipinski definition) is 2. The summed E-state index contributed by atoms with van der Waals surface area (Å²) in [5, 5.41) is 12.4. The smallest absolute Gasteiger partial charge is 0.306 e. The van der Waals surface area contributed by atoms with Crippen LogP contribution in [0.25, 0.3) is 0 Å². The molecule has 1 fully saturated rings. The van der Waals surface area contributed by atoms with Gasteiger partial charge in [0.2, 0.25) is 0 Å². The van der Waals surface area contributed by atoms with Crippen LogP contribution in [-0.4, -0.2) is 22.1 Å². The summed E-state index contributed by atoms with van der Waals surface area (Å²) in [6, 6.07) is 4.26. The Bertz CT molecular complexity index is 367. The highest BCUT2D eigenvalue weighted by molar-refractivity contribution is 5.70. The third-order valence-corrected chi connectivity index (χ3v) is 3.34. The van der Waals surface area contributed by atoms with Crippen LogP contribution in [0.5, 0.6) is 0 Å². The molecule has 0 radical (unpaired) electrons. The van der Waals surface area contributed by atoms with Crippen molar-refractivity contribution < 1.29 is 9.90 Å². The largest absolute Gasteiger partial charge is 0.481 e. The number of rotatable bonds is 4. The lowest BCUT2D eigenvalue weighted by Crippen LogP contribution is -2.36. The molecule has 2 atom stereocenters. The molecular formula is C13H18N2O2. The van der Waals surface area contributed by atoms with Gasteiger partial charge in [0.25, 0.3) is 0 Å². The maximum absolute atomic E-state index is 10.9. The van der Waals surface area contributed by atoms with E-state index >= 15 is 0 Å². The summed E-state index contributed by atoms with van der Waals surface area (Å²) in [7, 11) is 0. The first-order valence-electron chi connectivity index (χ1n) is 6.11. The molecule has 4 heteroatoms. The molecule has 2 N–H and O–H groups in total.